The van der Waals surface area contributed by atoms with E-state index in [1.54, 1.807) is 0 Å². The molecular formula is C16H16Cl3N4O+. The topological polar surface area (TPSA) is 81.6 Å². The largest absolute Gasteiger partial charge is 0.396 e. The Morgan fingerprint density at radius 3 is 2.54 bits per heavy atom. The molecule has 0 unspecified atom stereocenters. The normalized spacial score (nSPS) is 11.4. The number of nitrogens with one attached hydrogen (secondary N) is 2. The second-order valence-electron chi connectivity index (χ2n) is 5.13. The molecule has 5 nitrogen and oxygen atoms in total. The van der Waals surface area contributed by atoms with E-state index in [2.05, 4.69) is 15.5 Å². The van der Waals surface area contributed by atoms with Gasteiger partial charge in [-0.05, 0) is 36.9 Å². The number of hydrogen-bond acceptors (Lipinski definition) is 3. The molecule has 0 fully saturated rings. The van der Waals surface area contributed by atoms with Crippen molar-refractivity contribution in [3.63, 3.8) is 0 Å². The summed E-state index contributed by atoms with van der Waals surface area (Å²) in [4.78, 5) is 14.8. The predicted octanol–water partition coefficient (Wildman–Crippen LogP) is 3.78. The second-order valence-corrected chi connectivity index (χ2v) is 6.26. The lowest BCUT2D eigenvalue weighted by Gasteiger charge is -2.04. The van der Waals surface area contributed by atoms with Crippen LogP contribution in [0.4, 0.5) is 5.69 Å². The standard InChI is InChI=1S/C16H15Cl3N4O/c1-9(7-8-10-5-3-2-4-6-10)22-23-16(24)14-11(17)13(20)12(18)15(19)21-14/h2-6H,7-8H2,1H3,(H2,20,21)(H,23,24)/p+1/b22-9-. The van der Waals surface area contributed by atoms with Crippen molar-refractivity contribution < 1.29 is 9.78 Å². The third kappa shape index (κ3) is 4.60. The van der Waals surface area contributed by atoms with Gasteiger partial charge in [-0.25, -0.2) is 5.43 Å². The molecule has 1 aromatic carbocycles. The number of nitrogen functional groups attached to an aromatic ring is 1. The van der Waals surface area contributed by atoms with E-state index in [1.807, 2.05) is 37.3 Å². The molecule has 1 heterocycles. The predicted molar refractivity (Wildman–Crippen MR) is 97.8 cm³/mol. The molecule has 0 aliphatic heterocycles. The van der Waals surface area contributed by atoms with Crippen molar-refractivity contribution in [2.24, 2.45) is 5.10 Å². The number of carbonyl (C=O) groups excluding carboxylic acids is 1. The lowest BCUT2D eigenvalue weighted by Crippen LogP contribution is -2.28. The minimum Gasteiger partial charge on any atom is -0.396 e. The highest BCUT2D eigenvalue weighted by atomic mass is 35.5. The molecule has 8 heteroatoms. The number of carbonyl (C=O) groups is 1. The second kappa shape index (κ2) is 8.33. The average Bonchev–Trinajstić information content (AvgIpc) is 2.60. The van der Waals surface area contributed by atoms with Gasteiger partial charge in [-0.3, -0.25) is 4.79 Å². The Hall–Kier alpha value is -1.82. The van der Waals surface area contributed by atoms with Gasteiger partial charge in [-0.15, -0.1) is 0 Å². The summed E-state index contributed by atoms with van der Waals surface area (Å²) in [6.07, 6.45) is 1.55. The molecule has 4 N–H and O–H groups in total. The Kier molecular flexibility index (Phi) is 6.43. The van der Waals surface area contributed by atoms with Gasteiger partial charge in [0.25, 0.3) is 10.8 Å². The van der Waals surface area contributed by atoms with Crippen LogP contribution < -0.4 is 16.1 Å². The van der Waals surface area contributed by atoms with Gasteiger partial charge in [0.2, 0.25) is 0 Å². The zero-order valence-electron chi connectivity index (χ0n) is 12.9. The van der Waals surface area contributed by atoms with Crippen LogP contribution in [0.2, 0.25) is 15.2 Å². The number of aromatic nitrogens is 1. The first-order valence-electron chi connectivity index (χ1n) is 7.12. The molecule has 0 aliphatic carbocycles. The molecular weight excluding hydrogens is 371 g/mol. The Labute approximate surface area is 154 Å². The Balaban J connectivity index is 2.02. The van der Waals surface area contributed by atoms with Crippen molar-refractivity contribution >= 4 is 52.1 Å². The van der Waals surface area contributed by atoms with E-state index in [9.17, 15) is 4.79 Å². The smallest absolute Gasteiger partial charge is 0.337 e. The first-order chi connectivity index (χ1) is 11.4. The van der Waals surface area contributed by atoms with Crippen LogP contribution in [0.5, 0.6) is 0 Å². The first kappa shape index (κ1) is 18.5. The molecule has 0 radical (unpaired) electrons. The Morgan fingerprint density at radius 1 is 1.21 bits per heavy atom. The summed E-state index contributed by atoms with van der Waals surface area (Å²) in [5.74, 6) is -0.552. The van der Waals surface area contributed by atoms with E-state index in [0.717, 1.165) is 12.1 Å². The van der Waals surface area contributed by atoms with Gasteiger partial charge in [-0.1, -0.05) is 53.5 Å². The van der Waals surface area contributed by atoms with E-state index in [1.165, 1.54) is 5.56 Å². The summed E-state index contributed by atoms with van der Waals surface area (Å²) in [7, 11) is 0. The number of anilines is 1. The molecule has 1 aromatic heterocycles. The van der Waals surface area contributed by atoms with E-state index >= 15 is 0 Å². The fraction of sp³-hybridized carbons (Fsp3) is 0.188. The number of H-pyrrole nitrogens is 1. The van der Waals surface area contributed by atoms with Crippen molar-refractivity contribution in [2.45, 2.75) is 19.8 Å². The Bertz CT molecular complexity index is 779. The van der Waals surface area contributed by atoms with Crippen LogP contribution in [0.3, 0.4) is 0 Å². The van der Waals surface area contributed by atoms with Crippen LogP contribution >= 0.6 is 34.8 Å². The van der Waals surface area contributed by atoms with Gasteiger partial charge in [0.1, 0.15) is 10.0 Å². The average molecular weight is 387 g/mol. The highest BCUT2D eigenvalue weighted by molar-refractivity contribution is 6.45. The number of rotatable bonds is 5. The van der Waals surface area contributed by atoms with Gasteiger partial charge in [-0.2, -0.15) is 10.1 Å². The fourth-order valence-electron chi connectivity index (χ4n) is 1.95. The first-order valence-corrected chi connectivity index (χ1v) is 8.26. The van der Waals surface area contributed by atoms with E-state index < -0.39 is 5.91 Å². The number of aromatic amines is 1. The highest BCUT2D eigenvalue weighted by Gasteiger charge is 2.25. The maximum Gasteiger partial charge on any atom is 0.337 e. The molecule has 0 atom stereocenters. The van der Waals surface area contributed by atoms with Crippen LogP contribution in [0.25, 0.3) is 0 Å². The minimum atomic E-state index is -0.552. The number of nitrogens with zero attached hydrogens (tertiary/aromatic N) is 1. The maximum atomic E-state index is 12.2. The molecule has 2 aromatic rings. The molecule has 0 aliphatic rings. The number of halogens is 3. The summed E-state index contributed by atoms with van der Waals surface area (Å²) >= 11 is 17.7. The van der Waals surface area contributed by atoms with Crippen LogP contribution in [0.1, 0.15) is 29.4 Å². The number of benzene rings is 1. The third-order valence-electron chi connectivity index (χ3n) is 3.31. The number of nitrogens with two attached hydrogens (primary N) is 1. The van der Waals surface area contributed by atoms with Crippen molar-refractivity contribution in [3.05, 3.63) is 56.8 Å². The van der Waals surface area contributed by atoms with E-state index in [-0.39, 0.29) is 26.6 Å². The zero-order chi connectivity index (χ0) is 17.7. The van der Waals surface area contributed by atoms with Crippen molar-refractivity contribution in [1.82, 2.24) is 5.43 Å². The zero-order valence-corrected chi connectivity index (χ0v) is 15.1. The monoisotopic (exact) mass is 385 g/mol. The number of hydrogen-bond donors (Lipinski definition) is 2. The van der Waals surface area contributed by atoms with Crippen molar-refractivity contribution in [1.29, 1.82) is 0 Å². The summed E-state index contributed by atoms with van der Waals surface area (Å²) < 4.78 is 0. The van der Waals surface area contributed by atoms with Crippen LogP contribution in [-0.4, -0.2) is 11.6 Å². The molecule has 1 amide bonds. The van der Waals surface area contributed by atoms with Gasteiger partial charge in [0, 0.05) is 5.71 Å². The van der Waals surface area contributed by atoms with Gasteiger partial charge >= 0.3 is 5.91 Å². The molecule has 0 spiro atoms. The molecule has 24 heavy (non-hydrogen) atoms. The number of hydrazone groups is 1. The van der Waals surface area contributed by atoms with Crippen LogP contribution in [-0.2, 0) is 6.42 Å². The van der Waals surface area contributed by atoms with Gasteiger partial charge < -0.3 is 5.73 Å². The third-order valence-corrected chi connectivity index (χ3v) is 4.48. The highest BCUT2D eigenvalue weighted by Crippen LogP contribution is 2.31. The van der Waals surface area contributed by atoms with Crippen LogP contribution in [0, 0.1) is 0 Å². The van der Waals surface area contributed by atoms with Crippen LogP contribution in [0.15, 0.2) is 35.4 Å². The summed E-state index contributed by atoms with van der Waals surface area (Å²) in [6, 6.07) is 10.0. The SMILES string of the molecule is C/C(CCc1ccccc1)=N/NC(=O)c1[nH+]c(Cl)c(Cl)c(N)c1Cl. The summed E-state index contributed by atoms with van der Waals surface area (Å²) in [6.45, 7) is 1.83. The van der Waals surface area contributed by atoms with E-state index in [0.29, 0.717) is 6.42 Å². The maximum absolute atomic E-state index is 12.2. The Morgan fingerprint density at radius 2 is 1.88 bits per heavy atom. The number of amides is 1. The quantitative estimate of drug-likeness (QED) is 0.466. The molecule has 0 saturated heterocycles. The van der Waals surface area contributed by atoms with Gasteiger partial charge in [0.05, 0.1) is 5.69 Å². The van der Waals surface area contributed by atoms with Crippen molar-refractivity contribution in [2.75, 3.05) is 5.73 Å². The molecule has 0 bridgehead atoms. The fourth-order valence-corrected chi connectivity index (χ4v) is 2.57. The van der Waals surface area contributed by atoms with E-state index in [4.69, 9.17) is 40.5 Å². The molecule has 0 saturated carbocycles. The summed E-state index contributed by atoms with van der Waals surface area (Å²) in [5.41, 5.74) is 10.1. The number of pyridine rings is 1. The van der Waals surface area contributed by atoms with Crippen molar-refractivity contribution in [3.8, 4) is 0 Å². The number of aryl methyl sites for hydroxylation is 1. The molecule has 126 valence electrons. The minimum absolute atomic E-state index is 0.000890. The lowest BCUT2D eigenvalue weighted by molar-refractivity contribution is -0.379. The molecule has 2 rings (SSSR count). The lowest BCUT2D eigenvalue weighted by atomic mass is 10.1. The summed E-state index contributed by atoms with van der Waals surface area (Å²) in [5, 5.41) is 4.16. The van der Waals surface area contributed by atoms with Gasteiger partial charge in [0.15, 0.2) is 0 Å².